The van der Waals surface area contributed by atoms with Gasteiger partial charge >= 0.3 is 0 Å². The molecule has 6 atom stereocenters. The fourth-order valence-electron chi connectivity index (χ4n) is 7.66. The third-order valence-electron chi connectivity index (χ3n) is 10.2. The molecule has 2 fully saturated rings. The summed E-state index contributed by atoms with van der Waals surface area (Å²) >= 11 is 0. The molecular weight excluding hydrogens is 428 g/mol. The Hall–Kier alpha value is -0.0800. The number of hydrogen-bond acceptors (Lipinski definition) is 2. The number of rotatable bonds is 18. The zero-order chi connectivity index (χ0) is 25.5. The number of aliphatic hydroxyl groups excluding tert-OH is 2. The van der Waals surface area contributed by atoms with Crippen molar-refractivity contribution in [1.29, 1.82) is 0 Å². The first-order valence-electron chi connectivity index (χ1n) is 16.3. The Bertz CT molecular complexity index is 471. The fraction of sp³-hybridized carbons (Fsp3) is 1.00. The first-order valence-corrected chi connectivity index (χ1v) is 16.3. The van der Waals surface area contributed by atoms with E-state index in [1.165, 1.54) is 128 Å². The van der Waals surface area contributed by atoms with Crippen molar-refractivity contribution in [2.45, 2.75) is 181 Å². The van der Waals surface area contributed by atoms with Crippen LogP contribution in [0.4, 0.5) is 0 Å². The Morgan fingerprint density at radius 3 is 1.23 bits per heavy atom. The van der Waals surface area contributed by atoms with Gasteiger partial charge in [-0.3, -0.25) is 0 Å². The lowest BCUT2D eigenvalue weighted by Crippen LogP contribution is -2.48. The molecule has 0 heterocycles. The molecule has 0 aliphatic heterocycles. The van der Waals surface area contributed by atoms with Gasteiger partial charge < -0.3 is 10.2 Å². The quantitative estimate of drug-likeness (QED) is 0.187. The molecule has 2 nitrogen and oxygen atoms in total. The van der Waals surface area contributed by atoms with Gasteiger partial charge in [-0.25, -0.2) is 0 Å². The smallest absolute Gasteiger partial charge is 0.0573 e. The van der Waals surface area contributed by atoms with Crippen molar-refractivity contribution in [1.82, 2.24) is 0 Å². The molecule has 35 heavy (non-hydrogen) atoms. The fourth-order valence-corrected chi connectivity index (χ4v) is 7.66. The minimum Gasteiger partial charge on any atom is -0.393 e. The van der Waals surface area contributed by atoms with Gasteiger partial charge in [-0.1, -0.05) is 130 Å². The van der Waals surface area contributed by atoms with E-state index in [0.29, 0.717) is 11.8 Å². The second kappa shape index (κ2) is 17.4. The van der Waals surface area contributed by atoms with Crippen LogP contribution >= 0.6 is 0 Å². The van der Waals surface area contributed by atoms with Crippen molar-refractivity contribution in [2.24, 2.45) is 29.1 Å². The molecule has 0 aromatic carbocycles. The SMILES string of the molecule is CCCCCCCCCC1CCC(O)C(C(C)(C)C2CC(CCCCCCCCC)CCC2O)C1. The number of aliphatic hydroxyl groups is 2. The van der Waals surface area contributed by atoms with Gasteiger partial charge in [0.05, 0.1) is 12.2 Å². The van der Waals surface area contributed by atoms with E-state index < -0.39 is 0 Å². The van der Waals surface area contributed by atoms with Crippen molar-refractivity contribution in [3.63, 3.8) is 0 Å². The molecule has 2 aliphatic rings. The summed E-state index contributed by atoms with van der Waals surface area (Å²) < 4.78 is 0. The van der Waals surface area contributed by atoms with Gasteiger partial charge in [0.25, 0.3) is 0 Å². The van der Waals surface area contributed by atoms with Gasteiger partial charge in [0.1, 0.15) is 0 Å². The molecule has 2 heteroatoms. The maximum absolute atomic E-state index is 11.1. The number of unbranched alkanes of at least 4 members (excludes halogenated alkanes) is 12. The first kappa shape index (κ1) is 31.1. The van der Waals surface area contributed by atoms with Crippen molar-refractivity contribution in [3.8, 4) is 0 Å². The molecule has 0 aromatic rings. The van der Waals surface area contributed by atoms with Crippen molar-refractivity contribution in [3.05, 3.63) is 0 Å². The third kappa shape index (κ3) is 11.1. The number of hydrogen-bond donors (Lipinski definition) is 2. The van der Waals surface area contributed by atoms with Crippen LogP contribution in [0.1, 0.15) is 169 Å². The molecule has 0 bridgehead atoms. The molecule has 2 aliphatic carbocycles. The summed E-state index contributed by atoms with van der Waals surface area (Å²) in [6, 6.07) is 0. The van der Waals surface area contributed by atoms with Crippen LogP contribution in [-0.4, -0.2) is 22.4 Å². The zero-order valence-corrected chi connectivity index (χ0v) is 24.4. The standard InChI is InChI=1S/C33H64O2/c1-5-7-9-11-13-15-17-19-27-21-23-31(34)29(25-27)33(3,4)30-26-28(22-24-32(30)35)20-18-16-14-12-10-8-6-2/h27-32,34-35H,5-26H2,1-4H3. The van der Waals surface area contributed by atoms with Crippen molar-refractivity contribution >= 4 is 0 Å². The van der Waals surface area contributed by atoms with E-state index in [1.54, 1.807) is 0 Å². The molecular formula is C33H64O2. The Balaban J connectivity index is 1.79. The van der Waals surface area contributed by atoms with Crippen molar-refractivity contribution < 1.29 is 10.2 Å². The van der Waals surface area contributed by atoms with E-state index in [4.69, 9.17) is 0 Å². The molecule has 0 saturated heterocycles. The lowest BCUT2D eigenvalue weighted by Gasteiger charge is -2.51. The van der Waals surface area contributed by atoms with E-state index in [0.717, 1.165) is 24.7 Å². The average Bonchev–Trinajstić information content (AvgIpc) is 2.84. The summed E-state index contributed by atoms with van der Waals surface area (Å²) in [5, 5.41) is 22.2. The van der Waals surface area contributed by atoms with E-state index >= 15 is 0 Å². The highest BCUT2D eigenvalue weighted by Crippen LogP contribution is 2.51. The van der Waals surface area contributed by atoms with Crippen LogP contribution in [0.15, 0.2) is 0 Å². The minimum atomic E-state index is -0.175. The maximum Gasteiger partial charge on any atom is 0.0573 e. The summed E-state index contributed by atoms with van der Waals surface area (Å²) in [5.74, 6) is 2.26. The highest BCUT2D eigenvalue weighted by Gasteiger charge is 2.47. The Labute approximate surface area is 220 Å². The van der Waals surface area contributed by atoms with Crippen LogP contribution in [0.5, 0.6) is 0 Å². The van der Waals surface area contributed by atoms with Crippen LogP contribution in [0.3, 0.4) is 0 Å². The van der Waals surface area contributed by atoms with E-state index in [2.05, 4.69) is 27.7 Å². The molecule has 2 saturated carbocycles. The van der Waals surface area contributed by atoms with E-state index in [1.807, 2.05) is 0 Å². The molecule has 208 valence electrons. The summed E-state index contributed by atoms with van der Waals surface area (Å²) in [4.78, 5) is 0. The van der Waals surface area contributed by atoms with Crippen LogP contribution in [0.25, 0.3) is 0 Å². The largest absolute Gasteiger partial charge is 0.393 e. The van der Waals surface area contributed by atoms with E-state index in [9.17, 15) is 10.2 Å². The highest BCUT2D eigenvalue weighted by molar-refractivity contribution is 4.97. The summed E-state index contributed by atoms with van der Waals surface area (Å²) in [7, 11) is 0. The zero-order valence-electron chi connectivity index (χ0n) is 24.4. The third-order valence-corrected chi connectivity index (χ3v) is 10.2. The van der Waals surface area contributed by atoms with Gasteiger partial charge in [0.15, 0.2) is 0 Å². The van der Waals surface area contributed by atoms with Gasteiger partial charge in [0.2, 0.25) is 0 Å². The Morgan fingerprint density at radius 2 is 0.857 bits per heavy atom. The summed E-state index contributed by atoms with van der Waals surface area (Å²) in [6.07, 6.45) is 28.5. The summed E-state index contributed by atoms with van der Waals surface area (Å²) in [5.41, 5.74) is 0.0243. The molecule has 0 aromatic heterocycles. The van der Waals surface area contributed by atoms with Crippen LogP contribution < -0.4 is 0 Å². The normalized spacial score (nSPS) is 30.0. The molecule has 0 spiro atoms. The minimum absolute atomic E-state index is 0.0243. The predicted molar refractivity (Wildman–Crippen MR) is 153 cm³/mol. The highest BCUT2D eigenvalue weighted by atomic mass is 16.3. The lowest BCUT2D eigenvalue weighted by molar-refractivity contribution is -0.0930. The van der Waals surface area contributed by atoms with Gasteiger partial charge in [-0.05, 0) is 67.6 Å². The lowest BCUT2D eigenvalue weighted by atomic mass is 9.56. The average molecular weight is 493 g/mol. The molecule has 2 N–H and O–H groups in total. The first-order chi connectivity index (χ1) is 16.9. The second-order valence-electron chi connectivity index (χ2n) is 13.3. The van der Waals surface area contributed by atoms with Gasteiger partial charge in [-0.15, -0.1) is 0 Å². The monoisotopic (exact) mass is 492 g/mol. The van der Waals surface area contributed by atoms with Gasteiger partial charge in [-0.2, -0.15) is 0 Å². The Kier molecular flexibility index (Phi) is 15.5. The molecule has 0 radical (unpaired) electrons. The molecule has 0 amide bonds. The van der Waals surface area contributed by atoms with Crippen LogP contribution in [0, 0.1) is 29.1 Å². The van der Waals surface area contributed by atoms with E-state index in [-0.39, 0.29) is 17.6 Å². The molecule has 6 unspecified atom stereocenters. The summed E-state index contributed by atoms with van der Waals surface area (Å²) in [6.45, 7) is 9.36. The van der Waals surface area contributed by atoms with Crippen LogP contribution in [0.2, 0.25) is 0 Å². The molecule has 2 rings (SSSR count). The topological polar surface area (TPSA) is 40.5 Å². The Morgan fingerprint density at radius 1 is 0.514 bits per heavy atom. The maximum atomic E-state index is 11.1. The second-order valence-corrected chi connectivity index (χ2v) is 13.3. The predicted octanol–water partition coefficient (Wildman–Crippen LogP) is 9.85. The van der Waals surface area contributed by atoms with Gasteiger partial charge in [0, 0.05) is 0 Å². The van der Waals surface area contributed by atoms with Crippen LogP contribution in [-0.2, 0) is 0 Å². The van der Waals surface area contributed by atoms with Crippen molar-refractivity contribution in [2.75, 3.05) is 0 Å².